The predicted molar refractivity (Wildman–Crippen MR) is 69.3 cm³/mol. The smallest absolute Gasteiger partial charge is 0.183 e. The average Bonchev–Trinajstić information content (AvgIpc) is 2.36. The fraction of sp³-hybridized carbons (Fsp3) is 0.143. The molecule has 0 radical (unpaired) electrons. The Kier molecular flexibility index (Phi) is 3.46. The lowest BCUT2D eigenvalue weighted by Crippen LogP contribution is -2.07. The summed E-state index contributed by atoms with van der Waals surface area (Å²) in [6, 6.07) is 10.1. The molecule has 0 amide bonds. The Morgan fingerprint density at radius 3 is 2.56 bits per heavy atom. The first-order valence-electron chi connectivity index (χ1n) is 5.61. The zero-order valence-corrected chi connectivity index (χ0v) is 10.0. The molecule has 0 atom stereocenters. The highest BCUT2D eigenvalue weighted by Crippen LogP contribution is 2.25. The molecule has 2 aromatic rings. The van der Waals surface area contributed by atoms with Gasteiger partial charge in [0.1, 0.15) is 0 Å². The van der Waals surface area contributed by atoms with Crippen molar-refractivity contribution < 1.29 is 8.78 Å². The molecule has 0 aliphatic carbocycles. The van der Waals surface area contributed by atoms with Crippen LogP contribution < -0.4 is 11.1 Å². The third-order valence-corrected chi connectivity index (χ3v) is 2.84. The summed E-state index contributed by atoms with van der Waals surface area (Å²) in [7, 11) is 0. The molecule has 0 saturated heterocycles. The number of hydrogen-bond donors (Lipinski definition) is 2. The number of rotatable bonds is 3. The van der Waals surface area contributed by atoms with Gasteiger partial charge in [-0.05, 0) is 30.2 Å². The molecule has 2 rings (SSSR count). The summed E-state index contributed by atoms with van der Waals surface area (Å²) in [5.41, 5.74) is 7.93. The third-order valence-electron chi connectivity index (χ3n) is 2.84. The molecular formula is C14H14F2N2. The SMILES string of the molecule is Cc1ccccc1CNc1c(N)ccc(F)c1F. The zero-order chi connectivity index (χ0) is 13.1. The van der Waals surface area contributed by atoms with Gasteiger partial charge in [0, 0.05) is 6.54 Å². The van der Waals surface area contributed by atoms with Gasteiger partial charge in [-0.3, -0.25) is 0 Å². The van der Waals surface area contributed by atoms with E-state index in [-0.39, 0.29) is 11.4 Å². The van der Waals surface area contributed by atoms with Crippen LogP contribution in [0.5, 0.6) is 0 Å². The number of aryl methyl sites for hydroxylation is 1. The Hall–Kier alpha value is -2.10. The van der Waals surface area contributed by atoms with Crippen molar-refractivity contribution in [1.29, 1.82) is 0 Å². The number of nitrogens with one attached hydrogen (secondary N) is 1. The van der Waals surface area contributed by atoms with Gasteiger partial charge in [0.2, 0.25) is 0 Å². The molecular weight excluding hydrogens is 234 g/mol. The maximum absolute atomic E-state index is 13.5. The molecule has 2 nitrogen and oxygen atoms in total. The highest BCUT2D eigenvalue weighted by atomic mass is 19.2. The average molecular weight is 248 g/mol. The van der Waals surface area contributed by atoms with Crippen molar-refractivity contribution in [1.82, 2.24) is 0 Å². The Bertz CT molecular complexity index is 568. The van der Waals surface area contributed by atoms with Crippen LogP contribution in [0.25, 0.3) is 0 Å². The fourth-order valence-corrected chi connectivity index (χ4v) is 1.74. The van der Waals surface area contributed by atoms with Crippen molar-refractivity contribution in [3.63, 3.8) is 0 Å². The molecule has 0 spiro atoms. The van der Waals surface area contributed by atoms with Gasteiger partial charge in [-0.15, -0.1) is 0 Å². The fourth-order valence-electron chi connectivity index (χ4n) is 1.74. The van der Waals surface area contributed by atoms with Gasteiger partial charge >= 0.3 is 0 Å². The van der Waals surface area contributed by atoms with E-state index in [4.69, 9.17) is 5.73 Å². The highest BCUT2D eigenvalue weighted by molar-refractivity contribution is 5.67. The second-order valence-electron chi connectivity index (χ2n) is 4.11. The van der Waals surface area contributed by atoms with Gasteiger partial charge in [-0.25, -0.2) is 8.78 Å². The van der Waals surface area contributed by atoms with E-state index in [0.717, 1.165) is 17.2 Å². The van der Waals surface area contributed by atoms with Gasteiger partial charge in [0.05, 0.1) is 11.4 Å². The van der Waals surface area contributed by atoms with Crippen molar-refractivity contribution in [3.05, 3.63) is 59.2 Å². The van der Waals surface area contributed by atoms with Crippen LogP contribution in [-0.4, -0.2) is 0 Å². The number of benzene rings is 2. The maximum Gasteiger partial charge on any atom is 0.183 e. The molecule has 3 N–H and O–H groups in total. The van der Waals surface area contributed by atoms with Crippen LogP contribution >= 0.6 is 0 Å². The van der Waals surface area contributed by atoms with E-state index in [2.05, 4.69) is 5.32 Å². The standard InChI is InChI=1S/C14H14F2N2/c1-9-4-2-3-5-10(9)8-18-14-12(17)7-6-11(15)13(14)16/h2-7,18H,8,17H2,1H3. The lowest BCUT2D eigenvalue weighted by atomic mass is 10.1. The highest BCUT2D eigenvalue weighted by Gasteiger charge is 2.11. The van der Waals surface area contributed by atoms with Crippen molar-refractivity contribution >= 4 is 11.4 Å². The number of nitrogen functional groups attached to an aromatic ring is 1. The summed E-state index contributed by atoms with van der Waals surface area (Å²) in [6.07, 6.45) is 0. The number of nitrogens with two attached hydrogens (primary N) is 1. The summed E-state index contributed by atoms with van der Waals surface area (Å²) in [5, 5.41) is 2.84. The molecule has 94 valence electrons. The summed E-state index contributed by atoms with van der Waals surface area (Å²) in [5.74, 6) is -1.85. The van der Waals surface area contributed by atoms with Crippen LogP contribution in [0, 0.1) is 18.6 Å². The van der Waals surface area contributed by atoms with Crippen LogP contribution in [0.3, 0.4) is 0 Å². The van der Waals surface area contributed by atoms with E-state index in [1.165, 1.54) is 6.07 Å². The molecule has 0 saturated carbocycles. The Morgan fingerprint density at radius 2 is 1.83 bits per heavy atom. The number of anilines is 2. The van der Waals surface area contributed by atoms with E-state index >= 15 is 0 Å². The maximum atomic E-state index is 13.5. The summed E-state index contributed by atoms with van der Waals surface area (Å²) in [6.45, 7) is 2.36. The zero-order valence-electron chi connectivity index (χ0n) is 10.0. The normalized spacial score (nSPS) is 10.4. The minimum absolute atomic E-state index is 0.0123. The topological polar surface area (TPSA) is 38.0 Å². The summed E-state index contributed by atoms with van der Waals surface area (Å²) >= 11 is 0. The van der Waals surface area contributed by atoms with E-state index in [0.29, 0.717) is 6.54 Å². The molecule has 0 bridgehead atoms. The van der Waals surface area contributed by atoms with E-state index in [1.807, 2.05) is 31.2 Å². The van der Waals surface area contributed by atoms with Crippen LogP contribution in [0.15, 0.2) is 36.4 Å². The molecule has 0 aromatic heterocycles. The lowest BCUT2D eigenvalue weighted by Gasteiger charge is -2.12. The molecule has 0 heterocycles. The third kappa shape index (κ3) is 2.42. The first kappa shape index (κ1) is 12.4. The van der Waals surface area contributed by atoms with Crippen molar-refractivity contribution in [3.8, 4) is 0 Å². The van der Waals surface area contributed by atoms with Gasteiger partial charge in [-0.1, -0.05) is 24.3 Å². The lowest BCUT2D eigenvalue weighted by molar-refractivity contribution is 0.511. The number of hydrogen-bond acceptors (Lipinski definition) is 2. The summed E-state index contributed by atoms with van der Waals surface area (Å²) < 4.78 is 26.6. The first-order valence-corrected chi connectivity index (χ1v) is 5.61. The molecule has 0 aliphatic heterocycles. The molecule has 0 unspecified atom stereocenters. The van der Waals surface area contributed by atoms with Crippen LogP contribution in [-0.2, 0) is 6.54 Å². The monoisotopic (exact) mass is 248 g/mol. The van der Waals surface area contributed by atoms with E-state index < -0.39 is 11.6 Å². The Morgan fingerprint density at radius 1 is 1.11 bits per heavy atom. The minimum atomic E-state index is -0.941. The quantitative estimate of drug-likeness (QED) is 0.816. The van der Waals surface area contributed by atoms with Crippen molar-refractivity contribution in [2.45, 2.75) is 13.5 Å². The van der Waals surface area contributed by atoms with Crippen LogP contribution in [0.1, 0.15) is 11.1 Å². The predicted octanol–water partition coefficient (Wildman–Crippen LogP) is 3.47. The second-order valence-corrected chi connectivity index (χ2v) is 4.11. The molecule has 4 heteroatoms. The Balaban J connectivity index is 2.21. The van der Waals surface area contributed by atoms with E-state index in [9.17, 15) is 8.78 Å². The molecule has 0 fully saturated rings. The Labute approximate surface area is 104 Å². The largest absolute Gasteiger partial charge is 0.397 e. The van der Waals surface area contributed by atoms with E-state index in [1.54, 1.807) is 0 Å². The first-order chi connectivity index (χ1) is 8.59. The molecule has 18 heavy (non-hydrogen) atoms. The molecule has 2 aromatic carbocycles. The van der Waals surface area contributed by atoms with Crippen LogP contribution in [0.2, 0.25) is 0 Å². The minimum Gasteiger partial charge on any atom is -0.397 e. The molecule has 0 aliphatic rings. The number of halogens is 2. The van der Waals surface area contributed by atoms with Crippen LogP contribution in [0.4, 0.5) is 20.2 Å². The second kappa shape index (κ2) is 5.04. The van der Waals surface area contributed by atoms with Gasteiger partial charge < -0.3 is 11.1 Å². The van der Waals surface area contributed by atoms with Gasteiger partial charge in [-0.2, -0.15) is 0 Å². The van der Waals surface area contributed by atoms with Crippen molar-refractivity contribution in [2.24, 2.45) is 0 Å². The summed E-state index contributed by atoms with van der Waals surface area (Å²) in [4.78, 5) is 0. The van der Waals surface area contributed by atoms with Crippen molar-refractivity contribution in [2.75, 3.05) is 11.1 Å². The van der Waals surface area contributed by atoms with Gasteiger partial charge in [0.25, 0.3) is 0 Å². The van der Waals surface area contributed by atoms with Gasteiger partial charge in [0.15, 0.2) is 11.6 Å².